The van der Waals surface area contributed by atoms with Crippen molar-refractivity contribution in [3.8, 4) is 5.69 Å². The summed E-state index contributed by atoms with van der Waals surface area (Å²) >= 11 is 1.54. The molecular weight excluding hydrogens is 344 g/mol. The van der Waals surface area contributed by atoms with Crippen LogP contribution in [0, 0.1) is 0 Å². The van der Waals surface area contributed by atoms with Crippen LogP contribution in [-0.2, 0) is 4.79 Å². The fourth-order valence-corrected chi connectivity index (χ4v) is 4.50. The maximum Gasteiger partial charge on any atom is 0.235 e. The first-order valence-corrected chi connectivity index (χ1v) is 10.6. The number of likely N-dealkylation sites (tertiary alicyclic amines) is 1. The van der Waals surface area contributed by atoms with Crippen LogP contribution in [0.2, 0.25) is 0 Å². The highest BCUT2D eigenvalue weighted by Crippen LogP contribution is 2.41. The fourth-order valence-electron chi connectivity index (χ4n) is 3.54. The van der Waals surface area contributed by atoms with Crippen LogP contribution in [0.1, 0.15) is 57.2 Å². The molecule has 1 amide bonds. The lowest BCUT2D eigenvalue weighted by molar-refractivity contribution is -0.130. The Bertz CT molecular complexity index is 748. The number of carbonyl (C=O) groups is 1. The smallest absolute Gasteiger partial charge is 0.235 e. The highest BCUT2D eigenvalue weighted by molar-refractivity contribution is 8.00. The summed E-state index contributed by atoms with van der Waals surface area (Å²) in [4.78, 5) is 14.9. The van der Waals surface area contributed by atoms with Gasteiger partial charge in [-0.25, -0.2) is 0 Å². The summed E-state index contributed by atoms with van der Waals surface area (Å²) < 4.78 is 2.15. The summed E-state index contributed by atoms with van der Waals surface area (Å²) in [6.07, 6.45) is 7.07. The topological polar surface area (TPSA) is 51.0 Å². The summed E-state index contributed by atoms with van der Waals surface area (Å²) in [6.45, 7) is 3.78. The Balaban J connectivity index is 1.55. The van der Waals surface area contributed by atoms with Gasteiger partial charge in [0.05, 0.1) is 5.25 Å². The van der Waals surface area contributed by atoms with Crippen molar-refractivity contribution in [3.05, 3.63) is 36.2 Å². The first-order valence-electron chi connectivity index (χ1n) is 9.70. The van der Waals surface area contributed by atoms with Gasteiger partial charge in [-0.3, -0.25) is 9.36 Å². The van der Waals surface area contributed by atoms with Gasteiger partial charge in [0.1, 0.15) is 5.82 Å². The van der Waals surface area contributed by atoms with Gasteiger partial charge in [0.25, 0.3) is 0 Å². The van der Waals surface area contributed by atoms with Crippen LogP contribution < -0.4 is 0 Å². The van der Waals surface area contributed by atoms with E-state index in [0.717, 1.165) is 42.6 Å². The third-order valence-corrected chi connectivity index (χ3v) is 6.19. The molecule has 2 heterocycles. The number of benzene rings is 1. The molecule has 2 aromatic rings. The fraction of sp³-hybridized carbons (Fsp3) is 0.550. The second-order valence-electron chi connectivity index (χ2n) is 7.29. The molecule has 1 aromatic heterocycles. The average molecular weight is 371 g/mol. The van der Waals surface area contributed by atoms with Crippen LogP contribution in [0.25, 0.3) is 5.69 Å². The number of hydrogen-bond acceptors (Lipinski definition) is 4. The molecule has 4 rings (SSSR count). The Kier molecular flexibility index (Phi) is 5.29. The molecule has 5 nitrogen and oxygen atoms in total. The molecule has 0 N–H and O–H groups in total. The highest BCUT2D eigenvalue weighted by atomic mass is 32.2. The molecule has 1 atom stereocenters. The lowest BCUT2D eigenvalue weighted by atomic mass is 10.2. The largest absolute Gasteiger partial charge is 0.342 e. The highest BCUT2D eigenvalue weighted by Gasteiger charge is 2.32. The minimum atomic E-state index is -0.146. The molecule has 26 heavy (non-hydrogen) atoms. The van der Waals surface area contributed by atoms with Crippen LogP contribution in [0.3, 0.4) is 0 Å². The molecule has 1 aliphatic heterocycles. The molecule has 0 radical (unpaired) electrons. The number of aromatic nitrogens is 3. The van der Waals surface area contributed by atoms with E-state index >= 15 is 0 Å². The minimum Gasteiger partial charge on any atom is -0.342 e. The minimum absolute atomic E-state index is 0.146. The van der Waals surface area contributed by atoms with E-state index in [2.05, 4.69) is 26.9 Å². The number of amides is 1. The molecular formula is C20H26N4OS. The van der Waals surface area contributed by atoms with E-state index in [1.165, 1.54) is 37.4 Å². The Morgan fingerprint density at radius 2 is 1.77 bits per heavy atom. The van der Waals surface area contributed by atoms with Crippen molar-refractivity contribution >= 4 is 17.7 Å². The molecule has 0 spiro atoms. The normalized spacial score (nSPS) is 19.2. The van der Waals surface area contributed by atoms with Crippen molar-refractivity contribution in [3.63, 3.8) is 0 Å². The van der Waals surface area contributed by atoms with Gasteiger partial charge in [0.2, 0.25) is 5.91 Å². The van der Waals surface area contributed by atoms with Gasteiger partial charge in [-0.15, -0.1) is 10.2 Å². The first kappa shape index (κ1) is 17.6. The quantitative estimate of drug-likeness (QED) is 0.746. The first-order chi connectivity index (χ1) is 12.7. The van der Waals surface area contributed by atoms with Gasteiger partial charge in [-0.1, -0.05) is 42.8 Å². The van der Waals surface area contributed by atoms with E-state index < -0.39 is 0 Å². The van der Waals surface area contributed by atoms with Crippen molar-refractivity contribution in [1.82, 2.24) is 19.7 Å². The summed E-state index contributed by atoms with van der Waals surface area (Å²) in [6, 6.07) is 10.3. The zero-order valence-corrected chi connectivity index (χ0v) is 16.1. The predicted molar refractivity (Wildman–Crippen MR) is 104 cm³/mol. The number of thioether (sulfide) groups is 1. The number of hydrogen-bond donors (Lipinski definition) is 0. The molecule has 1 aliphatic carbocycles. The third-order valence-electron chi connectivity index (χ3n) is 5.16. The Morgan fingerprint density at radius 1 is 1.08 bits per heavy atom. The number of para-hydroxylation sites is 1. The lowest BCUT2D eigenvalue weighted by Crippen LogP contribution is -2.37. The zero-order chi connectivity index (χ0) is 17.9. The second-order valence-corrected chi connectivity index (χ2v) is 8.59. The molecule has 0 unspecified atom stereocenters. The third kappa shape index (κ3) is 3.80. The van der Waals surface area contributed by atoms with E-state index in [1.54, 1.807) is 0 Å². The van der Waals surface area contributed by atoms with Crippen molar-refractivity contribution in [2.24, 2.45) is 0 Å². The maximum absolute atomic E-state index is 12.9. The van der Waals surface area contributed by atoms with Gasteiger partial charge in [0, 0.05) is 24.7 Å². The van der Waals surface area contributed by atoms with E-state index in [1.807, 2.05) is 30.0 Å². The van der Waals surface area contributed by atoms with E-state index in [9.17, 15) is 4.79 Å². The summed E-state index contributed by atoms with van der Waals surface area (Å²) in [7, 11) is 0. The van der Waals surface area contributed by atoms with Crippen molar-refractivity contribution in [2.45, 2.75) is 61.8 Å². The zero-order valence-electron chi connectivity index (χ0n) is 15.3. The molecule has 2 aliphatic rings. The molecule has 6 heteroatoms. The Hall–Kier alpha value is -1.82. The molecule has 2 fully saturated rings. The summed E-state index contributed by atoms with van der Waals surface area (Å²) in [5.41, 5.74) is 1.08. The second kappa shape index (κ2) is 7.82. The number of carbonyl (C=O) groups excluding carboxylic acids is 1. The van der Waals surface area contributed by atoms with E-state index in [4.69, 9.17) is 0 Å². The van der Waals surface area contributed by atoms with Crippen molar-refractivity contribution in [2.75, 3.05) is 13.1 Å². The molecule has 1 aromatic carbocycles. The van der Waals surface area contributed by atoms with E-state index in [-0.39, 0.29) is 11.2 Å². The predicted octanol–water partition coefficient (Wildman–Crippen LogP) is 4.03. The number of nitrogens with zero attached hydrogens (tertiary/aromatic N) is 4. The Morgan fingerprint density at radius 3 is 2.42 bits per heavy atom. The van der Waals surface area contributed by atoms with Gasteiger partial charge >= 0.3 is 0 Å². The molecule has 0 bridgehead atoms. The SMILES string of the molecule is C[C@H](Sc1nnc(C2CC2)n1-c1ccccc1)C(=O)N1CCCCCC1. The molecule has 1 saturated carbocycles. The van der Waals surface area contributed by atoms with Gasteiger partial charge in [0.15, 0.2) is 5.16 Å². The van der Waals surface area contributed by atoms with Crippen molar-refractivity contribution in [1.29, 1.82) is 0 Å². The van der Waals surface area contributed by atoms with Crippen LogP contribution in [0.4, 0.5) is 0 Å². The molecule has 1 saturated heterocycles. The lowest BCUT2D eigenvalue weighted by Gasteiger charge is -2.23. The maximum atomic E-state index is 12.9. The van der Waals surface area contributed by atoms with Crippen LogP contribution >= 0.6 is 11.8 Å². The molecule has 138 valence electrons. The average Bonchev–Trinajstić information content (AvgIpc) is 3.47. The van der Waals surface area contributed by atoms with E-state index in [0.29, 0.717) is 5.92 Å². The van der Waals surface area contributed by atoms with Gasteiger partial charge < -0.3 is 4.90 Å². The van der Waals surface area contributed by atoms with Gasteiger partial charge in [-0.2, -0.15) is 0 Å². The standard InChI is InChI=1S/C20H26N4OS/c1-15(19(25)23-13-7-2-3-8-14-23)26-20-22-21-18(16-11-12-16)24(20)17-9-5-4-6-10-17/h4-6,9-10,15-16H,2-3,7-8,11-14H2,1H3/t15-/m0/s1. The summed E-state index contributed by atoms with van der Waals surface area (Å²) in [5, 5.41) is 9.59. The van der Waals surface area contributed by atoms with Gasteiger partial charge in [-0.05, 0) is 44.7 Å². The van der Waals surface area contributed by atoms with Crippen LogP contribution in [0.5, 0.6) is 0 Å². The van der Waals surface area contributed by atoms with Crippen LogP contribution in [0.15, 0.2) is 35.5 Å². The van der Waals surface area contributed by atoms with Crippen LogP contribution in [-0.4, -0.2) is 43.9 Å². The summed E-state index contributed by atoms with van der Waals surface area (Å²) in [5.74, 6) is 1.77. The monoisotopic (exact) mass is 370 g/mol. The Labute approximate surface area is 159 Å². The number of rotatable bonds is 5. The van der Waals surface area contributed by atoms with Crippen molar-refractivity contribution < 1.29 is 4.79 Å².